The zero-order valence-corrected chi connectivity index (χ0v) is 12.5. The molecule has 0 radical (unpaired) electrons. The van der Waals surface area contributed by atoms with Crippen molar-refractivity contribution in [2.24, 2.45) is 0 Å². The van der Waals surface area contributed by atoms with E-state index in [-0.39, 0.29) is 6.42 Å². The third-order valence-corrected chi connectivity index (χ3v) is 3.24. The monoisotopic (exact) mass is 299 g/mol. The van der Waals surface area contributed by atoms with Crippen LogP contribution in [0.15, 0.2) is 54.6 Å². The molecule has 0 aliphatic heterocycles. The average Bonchev–Trinajstić information content (AvgIpc) is 2.54. The van der Waals surface area contributed by atoms with Gasteiger partial charge in [-0.25, -0.2) is 0 Å². The molecule has 0 saturated heterocycles. The van der Waals surface area contributed by atoms with Crippen LogP contribution >= 0.6 is 0 Å². The molecule has 2 rings (SSSR count). The molecule has 2 aromatic carbocycles. The molecule has 0 aliphatic carbocycles. The second-order valence-corrected chi connectivity index (χ2v) is 5.09. The minimum atomic E-state index is -0.748. The Balaban J connectivity index is 1.70. The van der Waals surface area contributed by atoms with Crippen LogP contribution < -0.4 is 10.1 Å². The molecular weight excluding hydrogens is 278 g/mol. The summed E-state index contributed by atoms with van der Waals surface area (Å²) >= 11 is 0. The van der Waals surface area contributed by atoms with Crippen molar-refractivity contribution in [2.75, 3.05) is 6.54 Å². The molecule has 2 N–H and O–H groups in total. The maximum absolute atomic E-state index is 10.4. The lowest BCUT2D eigenvalue weighted by Gasteiger charge is -2.08. The van der Waals surface area contributed by atoms with Gasteiger partial charge in [0.1, 0.15) is 12.4 Å². The van der Waals surface area contributed by atoms with Crippen molar-refractivity contribution in [2.45, 2.75) is 26.0 Å². The van der Waals surface area contributed by atoms with Gasteiger partial charge < -0.3 is 15.2 Å². The van der Waals surface area contributed by atoms with Crippen molar-refractivity contribution >= 4 is 5.97 Å². The highest BCUT2D eigenvalue weighted by Crippen LogP contribution is 2.14. The van der Waals surface area contributed by atoms with Crippen LogP contribution in [0, 0.1) is 0 Å². The molecule has 22 heavy (non-hydrogen) atoms. The molecule has 0 fully saturated rings. The highest BCUT2D eigenvalue weighted by molar-refractivity contribution is 5.66. The molecule has 2 aromatic rings. The van der Waals surface area contributed by atoms with Gasteiger partial charge in [0.2, 0.25) is 0 Å². The molecule has 0 aliphatic rings. The Morgan fingerprint density at radius 1 is 1.00 bits per heavy atom. The summed E-state index contributed by atoms with van der Waals surface area (Å²) in [5.74, 6) is 0.0974. The molecular formula is C18H21NO3. The summed E-state index contributed by atoms with van der Waals surface area (Å²) in [4.78, 5) is 10.4. The summed E-state index contributed by atoms with van der Waals surface area (Å²) in [6.07, 6.45) is 0.854. The third-order valence-electron chi connectivity index (χ3n) is 3.24. The Labute approximate surface area is 130 Å². The van der Waals surface area contributed by atoms with Crippen LogP contribution in [0.3, 0.4) is 0 Å². The zero-order chi connectivity index (χ0) is 15.6. The smallest absolute Gasteiger partial charge is 0.303 e. The average molecular weight is 299 g/mol. The fraction of sp³-hybridized carbons (Fsp3) is 0.278. The van der Waals surface area contributed by atoms with Gasteiger partial charge in [-0.2, -0.15) is 0 Å². The zero-order valence-electron chi connectivity index (χ0n) is 12.5. The number of rotatable bonds is 9. The fourth-order valence-electron chi connectivity index (χ4n) is 2.04. The van der Waals surface area contributed by atoms with Crippen LogP contribution in [0.2, 0.25) is 0 Å². The van der Waals surface area contributed by atoms with E-state index in [1.807, 2.05) is 54.6 Å². The molecule has 0 heterocycles. The summed E-state index contributed by atoms with van der Waals surface area (Å²) in [7, 11) is 0. The summed E-state index contributed by atoms with van der Waals surface area (Å²) in [5.41, 5.74) is 2.30. The Kier molecular flexibility index (Phi) is 6.45. The van der Waals surface area contributed by atoms with Crippen molar-refractivity contribution < 1.29 is 14.6 Å². The Morgan fingerprint density at radius 2 is 1.73 bits per heavy atom. The normalized spacial score (nSPS) is 10.4. The summed E-state index contributed by atoms with van der Waals surface area (Å²) in [6, 6.07) is 18.0. The van der Waals surface area contributed by atoms with E-state index in [9.17, 15) is 4.79 Å². The van der Waals surface area contributed by atoms with E-state index in [4.69, 9.17) is 9.84 Å². The molecule has 116 valence electrons. The van der Waals surface area contributed by atoms with Gasteiger partial charge in [0.25, 0.3) is 0 Å². The first kappa shape index (κ1) is 16.0. The van der Waals surface area contributed by atoms with E-state index in [1.54, 1.807) is 0 Å². The number of carbonyl (C=O) groups is 1. The molecule has 0 amide bonds. The number of aliphatic carboxylic acids is 1. The van der Waals surface area contributed by atoms with Crippen molar-refractivity contribution in [1.29, 1.82) is 0 Å². The number of nitrogens with one attached hydrogen (secondary N) is 1. The van der Waals surface area contributed by atoms with Crippen molar-refractivity contribution in [3.63, 3.8) is 0 Å². The summed E-state index contributed by atoms with van der Waals surface area (Å²) in [5, 5.41) is 11.8. The molecule has 4 heteroatoms. The van der Waals surface area contributed by atoms with E-state index in [2.05, 4.69) is 5.32 Å². The first-order chi connectivity index (χ1) is 10.7. The van der Waals surface area contributed by atoms with Gasteiger partial charge in [0, 0.05) is 13.0 Å². The van der Waals surface area contributed by atoms with Crippen LogP contribution in [0.25, 0.3) is 0 Å². The van der Waals surface area contributed by atoms with E-state index in [0.29, 0.717) is 19.6 Å². The highest BCUT2D eigenvalue weighted by atomic mass is 16.5. The molecule has 0 bridgehead atoms. The SMILES string of the molecule is O=C(O)CCCNCc1ccc(OCc2ccccc2)cc1. The predicted octanol–water partition coefficient (Wildman–Crippen LogP) is 3.22. The Bertz CT molecular complexity index is 567. The van der Waals surface area contributed by atoms with E-state index in [0.717, 1.165) is 23.4 Å². The molecule has 0 spiro atoms. The largest absolute Gasteiger partial charge is 0.489 e. The molecule has 0 unspecified atom stereocenters. The van der Waals surface area contributed by atoms with Crippen molar-refractivity contribution in [3.8, 4) is 5.75 Å². The van der Waals surface area contributed by atoms with Crippen LogP contribution in [-0.2, 0) is 17.9 Å². The second kappa shape index (κ2) is 8.85. The molecule has 0 saturated carbocycles. The van der Waals surface area contributed by atoms with E-state index >= 15 is 0 Å². The Morgan fingerprint density at radius 3 is 2.41 bits per heavy atom. The first-order valence-electron chi connectivity index (χ1n) is 7.42. The van der Waals surface area contributed by atoms with Gasteiger partial charge in [-0.1, -0.05) is 42.5 Å². The maximum atomic E-state index is 10.4. The standard InChI is InChI=1S/C18H21NO3/c20-18(21)7-4-12-19-13-15-8-10-17(11-9-15)22-14-16-5-2-1-3-6-16/h1-3,5-6,8-11,19H,4,7,12-14H2,(H,20,21). The van der Waals surface area contributed by atoms with E-state index in [1.165, 1.54) is 0 Å². The van der Waals surface area contributed by atoms with E-state index < -0.39 is 5.97 Å². The fourth-order valence-corrected chi connectivity index (χ4v) is 2.04. The summed E-state index contributed by atoms with van der Waals surface area (Å²) < 4.78 is 5.73. The summed E-state index contributed by atoms with van der Waals surface area (Å²) in [6.45, 7) is 2.00. The minimum absolute atomic E-state index is 0.208. The number of hydrogen-bond acceptors (Lipinski definition) is 3. The quantitative estimate of drug-likeness (QED) is 0.698. The van der Waals surface area contributed by atoms with Gasteiger partial charge in [0.15, 0.2) is 0 Å². The lowest BCUT2D eigenvalue weighted by molar-refractivity contribution is -0.137. The van der Waals surface area contributed by atoms with Gasteiger partial charge in [-0.15, -0.1) is 0 Å². The lowest BCUT2D eigenvalue weighted by Crippen LogP contribution is -2.15. The topological polar surface area (TPSA) is 58.6 Å². The van der Waals surface area contributed by atoms with Gasteiger partial charge in [-0.3, -0.25) is 4.79 Å². The molecule has 4 nitrogen and oxygen atoms in total. The van der Waals surface area contributed by atoms with Crippen LogP contribution in [0.5, 0.6) is 5.75 Å². The van der Waals surface area contributed by atoms with Crippen LogP contribution in [0.4, 0.5) is 0 Å². The van der Waals surface area contributed by atoms with Crippen LogP contribution in [-0.4, -0.2) is 17.6 Å². The Hall–Kier alpha value is -2.33. The predicted molar refractivity (Wildman–Crippen MR) is 85.8 cm³/mol. The minimum Gasteiger partial charge on any atom is -0.489 e. The number of benzene rings is 2. The number of carboxylic acid groups (broad SMARTS) is 1. The van der Waals surface area contributed by atoms with Gasteiger partial charge in [0.05, 0.1) is 0 Å². The van der Waals surface area contributed by atoms with Gasteiger partial charge in [-0.05, 0) is 36.2 Å². The molecule has 0 aromatic heterocycles. The van der Waals surface area contributed by atoms with Crippen molar-refractivity contribution in [1.82, 2.24) is 5.32 Å². The number of carboxylic acids is 1. The van der Waals surface area contributed by atoms with Crippen molar-refractivity contribution in [3.05, 3.63) is 65.7 Å². The van der Waals surface area contributed by atoms with Gasteiger partial charge >= 0.3 is 5.97 Å². The highest BCUT2D eigenvalue weighted by Gasteiger charge is 1.98. The maximum Gasteiger partial charge on any atom is 0.303 e. The number of ether oxygens (including phenoxy) is 1. The number of hydrogen-bond donors (Lipinski definition) is 2. The first-order valence-corrected chi connectivity index (χ1v) is 7.42. The third kappa shape index (κ3) is 5.97. The lowest BCUT2D eigenvalue weighted by atomic mass is 10.2. The molecule has 0 atom stereocenters. The van der Waals surface area contributed by atoms with Crippen LogP contribution in [0.1, 0.15) is 24.0 Å². The second-order valence-electron chi connectivity index (χ2n) is 5.09.